The predicted molar refractivity (Wildman–Crippen MR) is 90.9 cm³/mol. The number of pyridine rings is 1. The van der Waals surface area contributed by atoms with Crippen LogP contribution in [0, 0.1) is 0 Å². The minimum absolute atomic E-state index is 0.167. The summed E-state index contributed by atoms with van der Waals surface area (Å²) in [6.07, 6.45) is 2.35. The van der Waals surface area contributed by atoms with Crippen LogP contribution in [0.4, 0.5) is 4.79 Å². The fraction of sp³-hybridized carbons (Fsp3) is 0.250. The Hall–Kier alpha value is -2.45. The van der Waals surface area contributed by atoms with Gasteiger partial charge in [-0.1, -0.05) is 18.2 Å². The van der Waals surface area contributed by atoms with Crippen LogP contribution < -0.4 is 15.4 Å². The Morgan fingerprint density at radius 3 is 2.67 bits per heavy atom. The first-order valence-corrected chi connectivity index (χ1v) is 8.93. The molecule has 7 nitrogen and oxygen atoms in total. The Bertz CT molecular complexity index is 779. The van der Waals surface area contributed by atoms with E-state index in [0.717, 1.165) is 5.69 Å². The summed E-state index contributed by atoms with van der Waals surface area (Å²) in [6, 6.07) is 11.7. The molecule has 0 saturated carbocycles. The smallest absolute Gasteiger partial charge is 0.315 e. The van der Waals surface area contributed by atoms with E-state index in [0.29, 0.717) is 18.5 Å². The van der Waals surface area contributed by atoms with Crippen molar-refractivity contribution in [1.82, 2.24) is 20.3 Å². The fourth-order valence-corrected chi connectivity index (χ4v) is 2.84. The number of benzene rings is 1. The Morgan fingerprint density at radius 2 is 1.96 bits per heavy atom. The molecule has 24 heavy (non-hydrogen) atoms. The largest absolute Gasteiger partial charge is 0.338 e. The van der Waals surface area contributed by atoms with Crippen molar-refractivity contribution in [3.8, 4) is 0 Å². The normalized spacial score (nSPS) is 11.0. The molecule has 0 spiro atoms. The first kappa shape index (κ1) is 17.9. The number of sulfonamides is 1. The molecule has 0 fully saturated rings. The van der Waals surface area contributed by atoms with Gasteiger partial charge in [-0.2, -0.15) is 0 Å². The number of nitrogens with zero attached hydrogens (tertiary/aromatic N) is 1. The molecule has 0 bridgehead atoms. The van der Waals surface area contributed by atoms with Crippen molar-refractivity contribution in [2.75, 3.05) is 13.6 Å². The Kier molecular flexibility index (Phi) is 6.28. The third-order valence-corrected chi connectivity index (χ3v) is 4.74. The van der Waals surface area contributed by atoms with Crippen molar-refractivity contribution in [3.63, 3.8) is 0 Å². The molecule has 3 N–H and O–H groups in total. The average molecular weight is 348 g/mol. The van der Waals surface area contributed by atoms with Crippen LogP contribution in [0.1, 0.15) is 11.3 Å². The van der Waals surface area contributed by atoms with Crippen molar-refractivity contribution >= 4 is 16.1 Å². The molecule has 0 atom stereocenters. The van der Waals surface area contributed by atoms with E-state index < -0.39 is 10.0 Å². The van der Waals surface area contributed by atoms with Crippen molar-refractivity contribution in [3.05, 3.63) is 59.9 Å². The van der Waals surface area contributed by atoms with Crippen molar-refractivity contribution in [2.45, 2.75) is 17.9 Å². The zero-order chi connectivity index (χ0) is 17.4. The van der Waals surface area contributed by atoms with Gasteiger partial charge < -0.3 is 10.6 Å². The molecule has 0 aliphatic rings. The maximum Gasteiger partial charge on any atom is 0.315 e. The summed E-state index contributed by atoms with van der Waals surface area (Å²) in [5.74, 6) is 0. The van der Waals surface area contributed by atoms with Gasteiger partial charge in [0.2, 0.25) is 10.0 Å². The second-order valence-electron chi connectivity index (χ2n) is 5.04. The summed E-state index contributed by atoms with van der Waals surface area (Å²) in [4.78, 5) is 16.1. The number of hydrogen-bond acceptors (Lipinski definition) is 4. The van der Waals surface area contributed by atoms with E-state index >= 15 is 0 Å². The summed E-state index contributed by atoms with van der Waals surface area (Å²) in [5, 5.41) is 5.43. The van der Waals surface area contributed by atoms with Crippen LogP contribution in [0.3, 0.4) is 0 Å². The lowest BCUT2D eigenvalue weighted by Gasteiger charge is -2.09. The van der Waals surface area contributed by atoms with Gasteiger partial charge in [0.1, 0.15) is 0 Å². The van der Waals surface area contributed by atoms with Crippen molar-refractivity contribution in [2.24, 2.45) is 0 Å². The number of amides is 2. The highest BCUT2D eigenvalue weighted by molar-refractivity contribution is 7.89. The third-order valence-electron chi connectivity index (χ3n) is 3.32. The maximum absolute atomic E-state index is 11.8. The van der Waals surface area contributed by atoms with Gasteiger partial charge in [0.25, 0.3) is 0 Å². The minimum Gasteiger partial charge on any atom is -0.338 e. The molecule has 128 valence electrons. The third kappa shape index (κ3) is 5.32. The molecule has 0 aliphatic heterocycles. The summed E-state index contributed by atoms with van der Waals surface area (Å²) in [7, 11) is -2.13. The van der Waals surface area contributed by atoms with Gasteiger partial charge in [-0.25, -0.2) is 17.9 Å². The Labute approximate surface area is 141 Å². The van der Waals surface area contributed by atoms with Gasteiger partial charge in [-0.15, -0.1) is 0 Å². The second kappa shape index (κ2) is 8.42. The summed E-state index contributed by atoms with van der Waals surface area (Å²) in [6.45, 7) is 0.708. The van der Waals surface area contributed by atoms with Crippen LogP contribution in [0.5, 0.6) is 0 Å². The van der Waals surface area contributed by atoms with Gasteiger partial charge >= 0.3 is 6.03 Å². The van der Waals surface area contributed by atoms with Gasteiger partial charge in [0, 0.05) is 31.4 Å². The van der Waals surface area contributed by atoms with Crippen LogP contribution in [0.25, 0.3) is 0 Å². The second-order valence-corrected chi connectivity index (χ2v) is 6.92. The molecule has 0 unspecified atom stereocenters. The lowest BCUT2D eigenvalue weighted by atomic mass is 10.2. The van der Waals surface area contributed by atoms with Crippen LogP contribution in [0.15, 0.2) is 53.6 Å². The lowest BCUT2D eigenvalue weighted by Crippen LogP contribution is -2.36. The number of rotatable bonds is 7. The van der Waals surface area contributed by atoms with Gasteiger partial charge in [0.05, 0.1) is 4.90 Å². The SMILES string of the molecule is CNS(=O)(=O)c1cccc(CNC(=O)NCCc2ccccn2)c1. The Balaban J connectivity index is 1.80. The molecule has 1 heterocycles. The molecule has 0 aliphatic carbocycles. The zero-order valence-electron chi connectivity index (χ0n) is 13.3. The summed E-state index contributed by atoms with van der Waals surface area (Å²) < 4.78 is 25.8. The lowest BCUT2D eigenvalue weighted by molar-refractivity contribution is 0.240. The van der Waals surface area contributed by atoms with E-state index in [1.807, 2.05) is 18.2 Å². The highest BCUT2D eigenvalue weighted by Gasteiger charge is 2.11. The molecule has 1 aromatic carbocycles. The standard InChI is InChI=1S/C16H20N4O3S/c1-17-24(22,23)15-7-4-5-13(11-15)12-20-16(21)19-10-8-14-6-2-3-9-18-14/h2-7,9,11,17H,8,10,12H2,1H3,(H2,19,20,21). The molecule has 2 aromatic rings. The van der Waals surface area contributed by atoms with Gasteiger partial charge in [0.15, 0.2) is 0 Å². The van der Waals surface area contributed by atoms with Crippen LogP contribution in [0.2, 0.25) is 0 Å². The fourth-order valence-electron chi connectivity index (χ4n) is 2.04. The number of carbonyl (C=O) groups is 1. The number of urea groups is 1. The monoisotopic (exact) mass is 348 g/mol. The number of carbonyl (C=O) groups excluding carboxylic acids is 1. The molecule has 0 saturated heterocycles. The molecular weight excluding hydrogens is 328 g/mol. The van der Waals surface area contributed by atoms with Crippen LogP contribution in [-0.2, 0) is 23.0 Å². The average Bonchev–Trinajstić information content (AvgIpc) is 2.61. The molecule has 1 aromatic heterocycles. The topological polar surface area (TPSA) is 100 Å². The zero-order valence-corrected chi connectivity index (χ0v) is 14.1. The first-order chi connectivity index (χ1) is 11.5. The van der Waals surface area contributed by atoms with Crippen LogP contribution in [-0.4, -0.2) is 33.0 Å². The first-order valence-electron chi connectivity index (χ1n) is 7.45. The summed E-state index contributed by atoms with van der Waals surface area (Å²) >= 11 is 0. The molecule has 2 amide bonds. The van der Waals surface area contributed by atoms with E-state index in [-0.39, 0.29) is 17.5 Å². The van der Waals surface area contributed by atoms with E-state index in [1.54, 1.807) is 18.3 Å². The van der Waals surface area contributed by atoms with E-state index in [1.165, 1.54) is 19.2 Å². The highest BCUT2D eigenvalue weighted by Crippen LogP contribution is 2.10. The van der Waals surface area contributed by atoms with E-state index in [4.69, 9.17) is 0 Å². The number of hydrogen-bond donors (Lipinski definition) is 3. The quantitative estimate of drug-likeness (QED) is 0.696. The van der Waals surface area contributed by atoms with Crippen molar-refractivity contribution in [1.29, 1.82) is 0 Å². The van der Waals surface area contributed by atoms with Crippen LogP contribution >= 0.6 is 0 Å². The highest BCUT2D eigenvalue weighted by atomic mass is 32.2. The van der Waals surface area contributed by atoms with Gasteiger partial charge in [-0.3, -0.25) is 4.98 Å². The van der Waals surface area contributed by atoms with E-state index in [9.17, 15) is 13.2 Å². The Morgan fingerprint density at radius 1 is 1.12 bits per heavy atom. The number of nitrogens with one attached hydrogen (secondary N) is 3. The maximum atomic E-state index is 11.8. The minimum atomic E-state index is -3.49. The molecular formula is C16H20N4O3S. The number of aromatic nitrogens is 1. The molecule has 8 heteroatoms. The summed E-state index contributed by atoms with van der Waals surface area (Å²) in [5.41, 5.74) is 1.61. The molecule has 2 rings (SSSR count). The van der Waals surface area contributed by atoms with Gasteiger partial charge in [-0.05, 0) is 36.9 Å². The molecule has 0 radical (unpaired) electrons. The predicted octanol–water partition coefficient (Wildman–Crippen LogP) is 1.03. The van der Waals surface area contributed by atoms with Crippen molar-refractivity contribution < 1.29 is 13.2 Å². The van der Waals surface area contributed by atoms with E-state index in [2.05, 4.69) is 20.3 Å².